The molecule has 8 nitrogen and oxygen atoms in total. The van der Waals surface area contributed by atoms with Crippen molar-refractivity contribution >= 4 is 27.5 Å². The second-order valence-corrected chi connectivity index (χ2v) is 10.4. The number of fused-ring (bicyclic) bond motifs is 2. The number of rotatable bonds is 9. The van der Waals surface area contributed by atoms with Crippen LogP contribution in [0.1, 0.15) is 32.3 Å². The number of aromatic nitrogens is 2. The number of piperazine rings is 1. The minimum absolute atomic E-state index is 0.0185. The monoisotopic (exact) mass is 551 g/mol. The topological polar surface area (TPSA) is 101 Å². The Kier molecular flexibility index (Phi) is 8.58. The van der Waals surface area contributed by atoms with Gasteiger partial charge in [-0.25, -0.2) is 4.39 Å². The number of hydrogen-bond donors (Lipinski definition) is 1. The molecule has 0 saturated carbocycles. The molecule has 0 amide bonds. The number of hydrogen-bond acceptors (Lipinski definition) is 8. The third-order valence-electron chi connectivity index (χ3n) is 7.97. The summed E-state index contributed by atoms with van der Waals surface area (Å²) in [6.07, 6.45) is 1.25. The lowest BCUT2D eigenvalue weighted by atomic mass is 9.94. The number of nitriles is 2. The molecule has 1 fully saturated rings. The Morgan fingerprint density at radius 2 is 1.93 bits per heavy atom. The summed E-state index contributed by atoms with van der Waals surface area (Å²) in [7, 11) is 2.05. The number of anilines is 1. The lowest BCUT2D eigenvalue weighted by Crippen LogP contribution is -2.51. The summed E-state index contributed by atoms with van der Waals surface area (Å²) in [6, 6.07) is 19.5. The molecular formula is C32H34FN7O. The molecular weight excluding hydrogens is 517 g/mol. The predicted octanol–water partition coefficient (Wildman–Crippen LogP) is 5.26. The number of ether oxygens (including phenoxy) is 1. The van der Waals surface area contributed by atoms with Crippen LogP contribution in [-0.4, -0.2) is 66.8 Å². The molecule has 9 heteroatoms. The summed E-state index contributed by atoms with van der Waals surface area (Å²) >= 11 is 0. The molecule has 2 atom stereocenters. The van der Waals surface area contributed by atoms with Crippen molar-refractivity contribution < 1.29 is 9.13 Å². The summed E-state index contributed by atoms with van der Waals surface area (Å²) < 4.78 is 22.7. The van der Waals surface area contributed by atoms with Crippen molar-refractivity contribution in [2.24, 2.45) is 0 Å². The van der Waals surface area contributed by atoms with Gasteiger partial charge in [-0.2, -0.15) is 20.5 Å². The van der Waals surface area contributed by atoms with Crippen molar-refractivity contribution in [1.29, 1.82) is 10.5 Å². The van der Waals surface area contributed by atoms with E-state index >= 15 is 4.39 Å². The smallest absolute Gasteiger partial charge is 0.319 e. The molecule has 41 heavy (non-hydrogen) atoms. The van der Waals surface area contributed by atoms with E-state index in [2.05, 4.69) is 46.1 Å². The largest absolute Gasteiger partial charge is 0.462 e. The first-order chi connectivity index (χ1) is 20.0. The number of nitrogens with one attached hydrogen (secondary N) is 1. The van der Waals surface area contributed by atoms with E-state index in [4.69, 9.17) is 9.72 Å². The van der Waals surface area contributed by atoms with Crippen molar-refractivity contribution in [2.45, 2.75) is 38.8 Å². The van der Waals surface area contributed by atoms with Gasteiger partial charge in [-0.3, -0.25) is 0 Å². The van der Waals surface area contributed by atoms with Gasteiger partial charge in [0.1, 0.15) is 17.9 Å². The molecule has 5 rings (SSSR count). The molecule has 1 N–H and O–H groups in total. The van der Waals surface area contributed by atoms with Gasteiger partial charge in [0.15, 0.2) is 5.82 Å². The highest BCUT2D eigenvalue weighted by Crippen LogP contribution is 2.37. The SMILES string of the molecule is CCC(COc1nc(N2CCNC(CC#N)C2)c2ccc(-c3cccc4cccc(C#N)c34)c(F)c2n1)N(C)CC. The van der Waals surface area contributed by atoms with Crippen LogP contribution in [0.5, 0.6) is 6.01 Å². The van der Waals surface area contributed by atoms with Gasteiger partial charge in [-0.15, -0.1) is 0 Å². The Bertz CT molecular complexity index is 1640. The average Bonchev–Trinajstić information content (AvgIpc) is 3.01. The fraction of sp³-hybridized carbons (Fsp3) is 0.375. The van der Waals surface area contributed by atoms with E-state index in [-0.39, 0.29) is 23.6 Å². The van der Waals surface area contributed by atoms with E-state index in [1.807, 2.05) is 43.4 Å². The molecule has 1 aliphatic rings. The van der Waals surface area contributed by atoms with Crippen molar-refractivity contribution in [3.8, 4) is 29.3 Å². The summed E-state index contributed by atoms with van der Waals surface area (Å²) in [6.45, 7) is 7.35. The standard InChI is InChI=1S/C32H34FN7O/c1-4-24(39(3)5-2)20-41-32-37-30-27(31(38-32)40-17-16-36-23(19-40)14-15-34)13-12-26(29(30)33)25-11-7-9-21-8-6-10-22(18-35)28(21)25/h6-13,23-24,36H,4-5,14,16-17,19-20H2,1-3H3. The van der Waals surface area contributed by atoms with Crippen LogP contribution >= 0.6 is 0 Å². The molecule has 2 unspecified atom stereocenters. The fourth-order valence-corrected chi connectivity index (χ4v) is 5.55. The Morgan fingerprint density at radius 1 is 1.12 bits per heavy atom. The van der Waals surface area contributed by atoms with Crippen LogP contribution in [0.15, 0.2) is 48.5 Å². The van der Waals surface area contributed by atoms with Crippen LogP contribution in [0.25, 0.3) is 32.8 Å². The van der Waals surface area contributed by atoms with Crippen molar-refractivity contribution in [1.82, 2.24) is 20.2 Å². The van der Waals surface area contributed by atoms with Crippen LogP contribution < -0.4 is 15.0 Å². The lowest BCUT2D eigenvalue weighted by molar-refractivity contribution is 0.155. The number of halogens is 1. The second kappa shape index (κ2) is 12.5. The highest BCUT2D eigenvalue weighted by atomic mass is 19.1. The van der Waals surface area contributed by atoms with E-state index in [9.17, 15) is 10.5 Å². The van der Waals surface area contributed by atoms with Gasteiger partial charge in [0.2, 0.25) is 0 Å². The van der Waals surface area contributed by atoms with Gasteiger partial charge in [0.25, 0.3) is 0 Å². The first-order valence-electron chi connectivity index (χ1n) is 14.1. The molecule has 1 aromatic heterocycles. The van der Waals surface area contributed by atoms with Gasteiger partial charge in [0.05, 0.1) is 24.1 Å². The first kappa shape index (κ1) is 28.2. The van der Waals surface area contributed by atoms with Crippen LogP contribution in [0.4, 0.5) is 10.2 Å². The summed E-state index contributed by atoms with van der Waals surface area (Å²) in [5.74, 6) is 0.102. The van der Waals surface area contributed by atoms with Gasteiger partial charge in [-0.05, 0) is 43.1 Å². The lowest BCUT2D eigenvalue weighted by Gasteiger charge is -2.34. The van der Waals surface area contributed by atoms with Crippen molar-refractivity contribution in [2.75, 3.05) is 44.7 Å². The predicted molar refractivity (Wildman–Crippen MR) is 159 cm³/mol. The van der Waals surface area contributed by atoms with Crippen molar-refractivity contribution in [3.05, 3.63) is 59.9 Å². The molecule has 1 aliphatic heterocycles. The van der Waals surface area contributed by atoms with Crippen LogP contribution in [-0.2, 0) is 0 Å². The molecule has 210 valence electrons. The Balaban J connectivity index is 1.65. The molecule has 0 aliphatic carbocycles. The summed E-state index contributed by atoms with van der Waals surface area (Å²) in [4.78, 5) is 13.7. The summed E-state index contributed by atoms with van der Waals surface area (Å²) in [5.41, 5.74) is 1.65. The van der Waals surface area contributed by atoms with Crippen LogP contribution in [0, 0.1) is 28.5 Å². The second-order valence-electron chi connectivity index (χ2n) is 10.4. The van der Waals surface area contributed by atoms with Gasteiger partial charge in [0, 0.05) is 48.1 Å². The molecule has 4 aromatic rings. The highest BCUT2D eigenvalue weighted by Gasteiger charge is 2.26. The normalized spacial score (nSPS) is 16.1. The van der Waals surface area contributed by atoms with E-state index < -0.39 is 5.82 Å². The third kappa shape index (κ3) is 5.65. The van der Waals surface area contributed by atoms with E-state index in [1.165, 1.54) is 0 Å². The molecule has 0 radical (unpaired) electrons. The fourth-order valence-electron chi connectivity index (χ4n) is 5.55. The minimum atomic E-state index is -0.488. The van der Waals surface area contributed by atoms with Crippen LogP contribution in [0.2, 0.25) is 0 Å². The van der Waals surface area contributed by atoms with Crippen molar-refractivity contribution in [3.63, 3.8) is 0 Å². The molecule has 2 heterocycles. The minimum Gasteiger partial charge on any atom is -0.462 e. The maximum Gasteiger partial charge on any atom is 0.319 e. The maximum atomic E-state index is 16.6. The van der Waals surface area contributed by atoms with Gasteiger partial charge in [-0.1, -0.05) is 50.2 Å². The van der Waals surface area contributed by atoms with E-state index in [1.54, 1.807) is 12.1 Å². The number of likely N-dealkylation sites (N-methyl/N-ethyl adjacent to an activating group) is 1. The Hall–Kier alpha value is -4.31. The first-order valence-corrected chi connectivity index (χ1v) is 14.1. The van der Waals surface area contributed by atoms with Gasteiger partial charge < -0.3 is 19.9 Å². The number of nitrogens with zero attached hydrogens (tertiary/aromatic N) is 6. The highest BCUT2D eigenvalue weighted by molar-refractivity contribution is 6.03. The maximum absolute atomic E-state index is 16.6. The average molecular weight is 552 g/mol. The van der Waals surface area contributed by atoms with E-state index in [0.29, 0.717) is 65.9 Å². The third-order valence-corrected chi connectivity index (χ3v) is 7.97. The van der Waals surface area contributed by atoms with Crippen LogP contribution in [0.3, 0.4) is 0 Å². The zero-order valence-electron chi connectivity index (χ0n) is 23.7. The summed E-state index contributed by atoms with van der Waals surface area (Å²) in [5, 5.41) is 24.6. The zero-order valence-corrected chi connectivity index (χ0v) is 23.7. The number of benzene rings is 3. The molecule has 0 bridgehead atoms. The Morgan fingerprint density at radius 3 is 2.66 bits per heavy atom. The molecule has 3 aromatic carbocycles. The quantitative estimate of drug-likeness (QED) is 0.301. The van der Waals surface area contributed by atoms with Gasteiger partial charge >= 0.3 is 6.01 Å². The van der Waals surface area contributed by atoms with E-state index in [0.717, 1.165) is 18.4 Å². The Labute approximate surface area is 240 Å². The molecule has 0 spiro atoms. The zero-order chi connectivity index (χ0) is 28.9. The molecule has 1 saturated heterocycles.